The Balaban J connectivity index is 1.34. The molecule has 5 N–H and O–H groups in total. The number of ether oxygens (including phenoxy) is 3. The number of fused-ring (bicyclic) bond motifs is 2. The van der Waals surface area contributed by atoms with Crippen molar-refractivity contribution in [2.75, 3.05) is 6.61 Å². The average Bonchev–Trinajstić information content (AvgIpc) is 2.91. The summed E-state index contributed by atoms with van der Waals surface area (Å²) in [6.07, 6.45) is -6.99. The summed E-state index contributed by atoms with van der Waals surface area (Å²) in [5.74, 6) is -0.946. The van der Waals surface area contributed by atoms with Crippen LogP contribution in [0.25, 0.3) is 22.3 Å². The van der Waals surface area contributed by atoms with E-state index in [2.05, 4.69) is 0 Å². The van der Waals surface area contributed by atoms with Crippen molar-refractivity contribution in [3.63, 3.8) is 0 Å². The lowest BCUT2D eigenvalue weighted by Gasteiger charge is -2.46. The first-order valence-electron chi connectivity index (χ1n) is 12.0. The van der Waals surface area contributed by atoms with Crippen molar-refractivity contribution in [3.05, 3.63) is 88.1 Å². The van der Waals surface area contributed by atoms with Gasteiger partial charge in [-0.1, -0.05) is 30.3 Å². The van der Waals surface area contributed by atoms with E-state index >= 15 is 0 Å². The summed E-state index contributed by atoms with van der Waals surface area (Å²) in [7, 11) is 0. The van der Waals surface area contributed by atoms with E-state index in [4.69, 9.17) is 18.6 Å². The third kappa shape index (κ3) is 4.08. The van der Waals surface area contributed by atoms with Crippen LogP contribution < -0.4 is 5.43 Å². The Hall–Kier alpha value is -3.93. The summed E-state index contributed by atoms with van der Waals surface area (Å²) in [5.41, 5.74) is 0.261. The van der Waals surface area contributed by atoms with E-state index in [1.54, 1.807) is 12.1 Å². The Bertz CT molecular complexity index is 1530. The van der Waals surface area contributed by atoms with Crippen LogP contribution in [0.3, 0.4) is 0 Å². The van der Waals surface area contributed by atoms with Gasteiger partial charge in [-0.3, -0.25) is 4.79 Å². The fourth-order valence-corrected chi connectivity index (χ4v) is 4.98. The highest BCUT2D eigenvalue weighted by molar-refractivity contribution is 5.88. The van der Waals surface area contributed by atoms with E-state index in [1.807, 2.05) is 30.3 Å². The number of phenolic OH excluding ortho intramolecular Hbond substituents is 3. The minimum Gasteiger partial charge on any atom is -0.508 e. The molecule has 10 nitrogen and oxygen atoms in total. The standard InChI is InChI=1S/C28H24O10/c29-15-8-6-13(7-9-15)18-10-16(30)21-19(36-18)11-17(31)22(23(21)32)27-25(34)24(33)26-20(37-27)12-35-28(38-26)14-4-2-1-3-5-14/h1-11,20,24-29,31-34H,12H2/t20-,24-,25-,26-,27+,28?/m1/s1. The van der Waals surface area contributed by atoms with Gasteiger partial charge in [0, 0.05) is 23.3 Å². The largest absolute Gasteiger partial charge is 0.508 e. The molecule has 38 heavy (non-hydrogen) atoms. The number of benzene rings is 3. The Morgan fingerprint density at radius 1 is 0.842 bits per heavy atom. The number of phenols is 3. The predicted octanol–water partition coefficient (Wildman–Crippen LogP) is 2.85. The van der Waals surface area contributed by atoms with Gasteiger partial charge in [0.1, 0.15) is 64.5 Å². The maximum Gasteiger partial charge on any atom is 0.197 e. The predicted molar refractivity (Wildman–Crippen MR) is 133 cm³/mol. The lowest BCUT2D eigenvalue weighted by atomic mass is 9.89. The van der Waals surface area contributed by atoms with Crippen molar-refractivity contribution >= 4 is 11.0 Å². The molecule has 4 aromatic rings. The monoisotopic (exact) mass is 520 g/mol. The lowest BCUT2D eigenvalue weighted by Crippen LogP contribution is -2.59. The molecule has 2 aliphatic heterocycles. The van der Waals surface area contributed by atoms with E-state index in [9.17, 15) is 30.3 Å². The topological polar surface area (TPSA) is 159 Å². The van der Waals surface area contributed by atoms with Crippen molar-refractivity contribution in [2.45, 2.75) is 36.8 Å². The highest BCUT2D eigenvalue weighted by Crippen LogP contribution is 2.46. The molecule has 3 heterocycles. The second-order valence-corrected chi connectivity index (χ2v) is 9.31. The lowest BCUT2D eigenvalue weighted by molar-refractivity contribution is -0.330. The van der Waals surface area contributed by atoms with Crippen molar-refractivity contribution in [1.29, 1.82) is 0 Å². The molecule has 1 unspecified atom stereocenters. The van der Waals surface area contributed by atoms with Crippen LogP contribution in [0.5, 0.6) is 17.2 Å². The quantitative estimate of drug-likeness (QED) is 0.272. The molecule has 0 spiro atoms. The fourth-order valence-electron chi connectivity index (χ4n) is 4.98. The average molecular weight is 520 g/mol. The molecule has 6 rings (SSSR count). The van der Waals surface area contributed by atoms with Crippen molar-refractivity contribution in [3.8, 4) is 28.6 Å². The molecule has 0 saturated carbocycles. The summed E-state index contributed by atoms with van der Waals surface area (Å²) >= 11 is 0. The van der Waals surface area contributed by atoms with Crippen LogP contribution in [0.2, 0.25) is 0 Å². The maximum absolute atomic E-state index is 13.0. The molecule has 0 amide bonds. The first kappa shape index (κ1) is 24.4. The molecule has 2 aliphatic rings. The second-order valence-electron chi connectivity index (χ2n) is 9.31. The van der Waals surface area contributed by atoms with Gasteiger partial charge >= 0.3 is 0 Å². The van der Waals surface area contributed by atoms with Gasteiger partial charge in [0.05, 0.1) is 12.2 Å². The van der Waals surface area contributed by atoms with Crippen LogP contribution in [0.4, 0.5) is 0 Å². The molecule has 3 aromatic carbocycles. The molecule has 6 atom stereocenters. The zero-order valence-corrected chi connectivity index (χ0v) is 19.8. The summed E-state index contributed by atoms with van der Waals surface area (Å²) in [6, 6.07) is 17.4. The third-order valence-corrected chi connectivity index (χ3v) is 6.90. The van der Waals surface area contributed by atoms with Crippen LogP contribution in [-0.2, 0) is 14.2 Å². The minimum atomic E-state index is -1.61. The van der Waals surface area contributed by atoms with E-state index in [0.29, 0.717) is 5.56 Å². The van der Waals surface area contributed by atoms with Gasteiger partial charge in [0.2, 0.25) is 0 Å². The SMILES string of the molecule is O=c1cc(-c2ccc(O)cc2)oc2cc(O)c([C@@H]3O[C@@H]4COC(c5ccccc5)O[C@H]4[C@H](O)[C@H]3O)c(O)c12. The molecule has 2 saturated heterocycles. The van der Waals surface area contributed by atoms with Crippen LogP contribution in [0.15, 0.2) is 75.9 Å². The van der Waals surface area contributed by atoms with E-state index in [1.165, 1.54) is 18.2 Å². The molecule has 0 aliphatic carbocycles. The van der Waals surface area contributed by atoms with Gasteiger partial charge in [0.15, 0.2) is 11.7 Å². The normalized spacial score (nSPS) is 27.2. The molecule has 10 heteroatoms. The molecular weight excluding hydrogens is 496 g/mol. The Labute approximate surface area is 215 Å². The van der Waals surface area contributed by atoms with Gasteiger partial charge in [-0.25, -0.2) is 0 Å². The van der Waals surface area contributed by atoms with Crippen LogP contribution in [-0.4, -0.2) is 56.6 Å². The number of hydrogen-bond donors (Lipinski definition) is 5. The van der Waals surface area contributed by atoms with Gasteiger partial charge in [0.25, 0.3) is 0 Å². The van der Waals surface area contributed by atoms with Gasteiger partial charge in [-0.2, -0.15) is 0 Å². The highest BCUT2D eigenvalue weighted by Gasteiger charge is 2.50. The van der Waals surface area contributed by atoms with Crippen molar-refractivity contribution < 1.29 is 44.2 Å². The second kappa shape index (κ2) is 9.43. The molecule has 2 fully saturated rings. The smallest absolute Gasteiger partial charge is 0.197 e. The molecule has 0 bridgehead atoms. The summed E-state index contributed by atoms with van der Waals surface area (Å²) in [5, 5.41) is 53.1. The first-order valence-corrected chi connectivity index (χ1v) is 12.0. The molecular formula is C28H24O10. The van der Waals surface area contributed by atoms with Crippen LogP contribution in [0, 0.1) is 0 Å². The molecule has 0 radical (unpaired) electrons. The van der Waals surface area contributed by atoms with Crippen LogP contribution in [0.1, 0.15) is 23.5 Å². The zero-order chi connectivity index (χ0) is 26.6. The van der Waals surface area contributed by atoms with Crippen LogP contribution >= 0.6 is 0 Å². The van der Waals surface area contributed by atoms with E-state index in [0.717, 1.165) is 11.6 Å². The third-order valence-electron chi connectivity index (χ3n) is 6.90. The van der Waals surface area contributed by atoms with E-state index < -0.39 is 53.7 Å². The van der Waals surface area contributed by atoms with E-state index in [-0.39, 0.29) is 34.6 Å². The molecule has 1 aromatic heterocycles. The minimum absolute atomic E-state index is 0.0116. The maximum atomic E-state index is 13.0. The number of rotatable bonds is 3. The van der Waals surface area contributed by atoms with Crippen molar-refractivity contribution in [2.24, 2.45) is 0 Å². The van der Waals surface area contributed by atoms with Gasteiger partial charge < -0.3 is 44.2 Å². The number of aliphatic hydroxyl groups is 2. The van der Waals surface area contributed by atoms with Crippen molar-refractivity contribution in [1.82, 2.24) is 0 Å². The summed E-state index contributed by atoms with van der Waals surface area (Å²) in [6.45, 7) is 0.0116. The number of hydrogen-bond acceptors (Lipinski definition) is 10. The Morgan fingerprint density at radius 2 is 1.58 bits per heavy atom. The fraction of sp³-hybridized carbons (Fsp3) is 0.250. The number of aromatic hydroxyl groups is 3. The zero-order valence-electron chi connectivity index (χ0n) is 19.8. The van der Waals surface area contributed by atoms with Gasteiger partial charge in [-0.15, -0.1) is 0 Å². The summed E-state index contributed by atoms with van der Waals surface area (Å²) in [4.78, 5) is 13.0. The Morgan fingerprint density at radius 3 is 2.32 bits per heavy atom. The Kier molecular flexibility index (Phi) is 6.05. The first-order chi connectivity index (χ1) is 18.3. The number of aliphatic hydroxyl groups excluding tert-OH is 2. The molecule has 196 valence electrons. The summed E-state index contributed by atoms with van der Waals surface area (Å²) < 4.78 is 23.4. The highest BCUT2D eigenvalue weighted by atomic mass is 16.7. The van der Waals surface area contributed by atoms with Gasteiger partial charge in [-0.05, 0) is 24.3 Å².